The van der Waals surface area contributed by atoms with Gasteiger partial charge in [0.1, 0.15) is 5.56 Å². The summed E-state index contributed by atoms with van der Waals surface area (Å²) >= 11 is 0. The summed E-state index contributed by atoms with van der Waals surface area (Å²) in [6.45, 7) is 3.10. The van der Waals surface area contributed by atoms with E-state index in [0.29, 0.717) is 32.5 Å². The molecule has 6 heteroatoms. The van der Waals surface area contributed by atoms with Crippen LogP contribution in [-0.2, 0) is 16.6 Å². The number of amides is 1. The first-order valence-electron chi connectivity index (χ1n) is 7.16. The van der Waals surface area contributed by atoms with Crippen LogP contribution in [0.2, 0.25) is 0 Å². The number of carbonyl (C=O) groups excluding carboxylic acids is 2. The molecule has 2 rings (SSSR count). The molecule has 0 unspecified atom stereocenters. The van der Waals surface area contributed by atoms with Crippen LogP contribution in [0.5, 0.6) is 0 Å². The number of pyridine rings is 1. The third-order valence-electron chi connectivity index (χ3n) is 3.76. The van der Waals surface area contributed by atoms with Gasteiger partial charge in [0.15, 0.2) is 0 Å². The van der Waals surface area contributed by atoms with Crippen LogP contribution in [0.3, 0.4) is 0 Å². The molecule has 0 aliphatic carbocycles. The second-order valence-corrected chi connectivity index (χ2v) is 5.16. The maximum Gasteiger partial charge on any atom is 0.309 e. The monoisotopic (exact) mass is 292 g/mol. The normalized spacial score (nSPS) is 15.8. The highest BCUT2D eigenvalue weighted by Crippen LogP contribution is 2.19. The maximum absolute atomic E-state index is 12.4. The van der Waals surface area contributed by atoms with Gasteiger partial charge in [-0.1, -0.05) is 0 Å². The van der Waals surface area contributed by atoms with Crippen LogP contribution in [0.15, 0.2) is 23.1 Å². The summed E-state index contributed by atoms with van der Waals surface area (Å²) in [5.41, 5.74) is -0.121. The molecule has 0 aromatic carbocycles. The number of aromatic nitrogens is 1. The Morgan fingerprint density at radius 2 is 2.00 bits per heavy atom. The van der Waals surface area contributed by atoms with Crippen molar-refractivity contribution in [1.29, 1.82) is 0 Å². The predicted molar refractivity (Wildman–Crippen MR) is 76.9 cm³/mol. The van der Waals surface area contributed by atoms with Crippen molar-refractivity contribution in [1.82, 2.24) is 9.47 Å². The number of hydrogen-bond acceptors (Lipinski definition) is 4. The summed E-state index contributed by atoms with van der Waals surface area (Å²) in [5.74, 6) is -0.605. The molecular formula is C15H20N2O4. The van der Waals surface area contributed by atoms with Gasteiger partial charge in [-0.3, -0.25) is 14.4 Å². The van der Waals surface area contributed by atoms with Gasteiger partial charge in [-0.15, -0.1) is 0 Å². The van der Waals surface area contributed by atoms with Crippen LogP contribution < -0.4 is 5.56 Å². The van der Waals surface area contributed by atoms with Crippen LogP contribution in [-0.4, -0.2) is 41.0 Å². The number of hydrogen-bond donors (Lipinski definition) is 0. The average Bonchev–Trinajstić information content (AvgIpc) is 2.50. The second kappa shape index (κ2) is 6.56. The molecule has 2 heterocycles. The van der Waals surface area contributed by atoms with E-state index in [0.717, 1.165) is 0 Å². The first-order valence-corrected chi connectivity index (χ1v) is 7.16. The molecule has 0 radical (unpaired) electrons. The SMILES string of the molecule is CCOC(=O)C1CCN(C(=O)c2cccn(C)c2=O)CC1. The summed E-state index contributed by atoms with van der Waals surface area (Å²) < 4.78 is 6.39. The van der Waals surface area contributed by atoms with Crippen molar-refractivity contribution in [2.45, 2.75) is 19.8 Å². The fourth-order valence-electron chi connectivity index (χ4n) is 2.51. The Labute approximate surface area is 123 Å². The smallest absolute Gasteiger partial charge is 0.309 e. The molecule has 1 saturated heterocycles. The predicted octanol–water partition coefficient (Wildman–Crippen LogP) is 0.801. The Morgan fingerprint density at radius 3 is 2.62 bits per heavy atom. The van der Waals surface area contributed by atoms with Crippen molar-refractivity contribution >= 4 is 11.9 Å². The Morgan fingerprint density at radius 1 is 1.33 bits per heavy atom. The zero-order valence-electron chi connectivity index (χ0n) is 12.4. The Kier molecular flexibility index (Phi) is 4.77. The molecule has 0 atom stereocenters. The van der Waals surface area contributed by atoms with Crippen LogP contribution >= 0.6 is 0 Å². The summed E-state index contributed by atoms with van der Waals surface area (Å²) in [7, 11) is 1.62. The van der Waals surface area contributed by atoms with Gasteiger partial charge in [0, 0.05) is 26.3 Å². The number of piperidine rings is 1. The highest BCUT2D eigenvalue weighted by Gasteiger charge is 2.29. The van der Waals surface area contributed by atoms with Gasteiger partial charge in [-0.2, -0.15) is 0 Å². The highest BCUT2D eigenvalue weighted by atomic mass is 16.5. The lowest BCUT2D eigenvalue weighted by Crippen LogP contribution is -2.42. The summed E-state index contributed by atoms with van der Waals surface area (Å²) in [4.78, 5) is 37.6. The number of nitrogens with zero attached hydrogens (tertiary/aromatic N) is 2. The zero-order valence-corrected chi connectivity index (χ0v) is 12.4. The molecule has 1 aromatic heterocycles. The van der Waals surface area contributed by atoms with Crippen molar-refractivity contribution < 1.29 is 14.3 Å². The van der Waals surface area contributed by atoms with E-state index in [1.807, 2.05) is 0 Å². The van der Waals surface area contributed by atoms with Gasteiger partial charge < -0.3 is 14.2 Å². The van der Waals surface area contributed by atoms with E-state index < -0.39 is 0 Å². The van der Waals surface area contributed by atoms with Gasteiger partial charge in [0.05, 0.1) is 12.5 Å². The van der Waals surface area contributed by atoms with E-state index in [1.165, 1.54) is 4.57 Å². The molecule has 21 heavy (non-hydrogen) atoms. The summed E-state index contributed by atoms with van der Waals surface area (Å²) in [5, 5.41) is 0. The standard InChI is InChI=1S/C15H20N2O4/c1-3-21-15(20)11-6-9-17(10-7-11)14(19)12-5-4-8-16(2)13(12)18/h4-5,8,11H,3,6-7,9-10H2,1-2H3. The topological polar surface area (TPSA) is 68.6 Å². The second-order valence-electron chi connectivity index (χ2n) is 5.16. The molecule has 1 aromatic rings. The Bertz CT molecular complexity index is 586. The van der Waals surface area contributed by atoms with E-state index in [4.69, 9.17) is 4.74 Å². The lowest BCUT2D eigenvalue weighted by atomic mass is 9.96. The van der Waals surface area contributed by atoms with Gasteiger partial charge in [-0.05, 0) is 31.9 Å². The molecule has 1 aliphatic heterocycles. The highest BCUT2D eigenvalue weighted by molar-refractivity contribution is 5.94. The van der Waals surface area contributed by atoms with E-state index in [1.54, 1.807) is 37.2 Å². The minimum atomic E-state index is -0.296. The fourth-order valence-corrected chi connectivity index (χ4v) is 2.51. The fraction of sp³-hybridized carbons (Fsp3) is 0.533. The van der Waals surface area contributed by atoms with Crippen molar-refractivity contribution in [2.75, 3.05) is 19.7 Å². The number of likely N-dealkylation sites (tertiary alicyclic amines) is 1. The van der Waals surface area contributed by atoms with Gasteiger partial charge in [0.2, 0.25) is 0 Å². The number of ether oxygens (including phenoxy) is 1. The first-order chi connectivity index (χ1) is 10.0. The molecule has 0 spiro atoms. The molecular weight excluding hydrogens is 272 g/mol. The van der Waals surface area contributed by atoms with Gasteiger partial charge >= 0.3 is 5.97 Å². The van der Waals surface area contributed by atoms with E-state index >= 15 is 0 Å². The number of aryl methyl sites for hydroxylation is 1. The molecule has 6 nitrogen and oxygen atoms in total. The quantitative estimate of drug-likeness (QED) is 0.773. The van der Waals surface area contributed by atoms with Crippen LogP contribution in [0.25, 0.3) is 0 Å². The maximum atomic E-state index is 12.4. The van der Waals surface area contributed by atoms with Crippen molar-refractivity contribution in [3.63, 3.8) is 0 Å². The molecule has 114 valence electrons. The summed E-state index contributed by atoms with van der Waals surface area (Å²) in [6, 6.07) is 3.22. The number of esters is 1. The lowest BCUT2D eigenvalue weighted by Gasteiger charge is -2.30. The van der Waals surface area contributed by atoms with Crippen LogP contribution in [0.4, 0.5) is 0 Å². The molecule has 1 amide bonds. The van der Waals surface area contributed by atoms with E-state index in [-0.39, 0.29) is 28.9 Å². The minimum absolute atomic E-state index is 0.146. The van der Waals surface area contributed by atoms with Crippen molar-refractivity contribution in [2.24, 2.45) is 13.0 Å². The Hall–Kier alpha value is -2.11. The number of rotatable bonds is 3. The molecule has 0 N–H and O–H groups in total. The van der Waals surface area contributed by atoms with Gasteiger partial charge in [-0.25, -0.2) is 0 Å². The van der Waals surface area contributed by atoms with Crippen LogP contribution in [0, 0.1) is 5.92 Å². The lowest BCUT2D eigenvalue weighted by molar-refractivity contribution is -0.149. The molecule has 0 bridgehead atoms. The Balaban J connectivity index is 2.02. The largest absolute Gasteiger partial charge is 0.466 e. The average molecular weight is 292 g/mol. The molecule has 0 saturated carbocycles. The van der Waals surface area contributed by atoms with E-state index in [2.05, 4.69) is 0 Å². The molecule has 1 fully saturated rings. The van der Waals surface area contributed by atoms with Crippen LogP contribution in [0.1, 0.15) is 30.1 Å². The number of carbonyl (C=O) groups is 2. The molecule has 1 aliphatic rings. The van der Waals surface area contributed by atoms with Crippen molar-refractivity contribution in [3.05, 3.63) is 34.2 Å². The van der Waals surface area contributed by atoms with Gasteiger partial charge in [0.25, 0.3) is 11.5 Å². The third kappa shape index (κ3) is 3.32. The third-order valence-corrected chi connectivity index (χ3v) is 3.76. The summed E-state index contributed by atoms with van der Waals surface area (Å²) in [6.07, 6.45) is 2.78. The zero-order chi connectivity index (χ0) is 15.4. The van der Waals surface area contributed by atoms with E-state index in [9.17, 15) is 14.4 Å². The minimum Gasteiger partial charge on any atom is -0.466 e. The van der Waals surface area contributed by atoms with Crippen molar-refractivity contribution in [3.8, 4) is 0 Å². The first kappa shape index (κ1) is 15.3.